The van der Waals surface area contributed by atoms with Gasteiger partial charge in [0.2, 0.25) is 0 Å². The molecule has 1 aromatic rings. The molecule has 0 spiro atoms. The van der Waals surface area contributed by atoms with Gasteiger partial charge in [-0.3, -0.25) is 0 Å². The molecule has 0 nitrogen and oxygen atoms in total. The average molecular weight is 112 g/mol. The van der Waals surface area contributed by atoms with Gasteiger partial charge in [0, 0.05) is 0 Å². The van der Waals surface area contributed by atoms with Crippen molar-refractivity contribution in [3.05, 3.63) is 35.4 Å². The topological polar surface area (TPSA) is 0 Å². The minimum absolute atomic E-state index is 1.14. The summed E-state index contributed by atoms with van der Waals surface area (Å²) in [5.41, 5.74) is 2.76. The molecule has 0 atom stereocenters. The maximum absolute atomic E-state index is 2.18. The summed E-state index contributed by atoms with van der Waals surface area (Å²) in [6.07, 6.45) is 0. The first kappa shape index (κ1) is 6.93. The monoisotopic (exact) mass is 112 g/mol. The van der Waals surface area contributed by atoms with Crippen LogP contribution >= 0.6 is 0 Å². The predicted octanol–water partition coefficient (Wildman–Crippen LogP) is 1.66. The molecular formula is C8H9Li. The van der Waals surface area contributed by atoms with Gasteiger partial charge >= 0.3 is 65.1 Å². The van der Waals surface area contributed by atoms with E-state index in [1.807, 2.05) is 0 Å². The summed E-state index contributed by atoms with van der Waals surface area (Å²) in [7, 11) is 0. The van der Waals surface area contributed by atoms with Gasteiger partial charge in [-0.2, -0.15) is 0 Å². The van der Waals surface area contributed by atoms with Gasteiger partial charge in [-0.15, -0.1) is 0 Å². The summed E-state index contributed by atoms with van der Waals surface area (Å²) in [4.78, 5) is 0. The molecule has 0 bridgehead atoms. The molecule has 0 saturated heterocycles. The van der Waals surface area contributed by atoms with Crippen molar-refractivity contribution < 1.29 is 0 Å². The number of benzene rings is 1. The van der Waals surface area contributed by atoms with E-state index in [2.05, 4.69) is 48.9 Å². The second-order valence-corrected chi connectivity index (χ2v) is 2.34. The summed E-state index contributed by atoms with van der Waals surface area (Å²) in [5, 5.41) is 1.14. The maximum atomic E-state index is 2.18. The van der Waals surface area contributed by atoms with E-state index in [1.54, 1.807) is 0 Å². The summed E-state index contributed by atoms with van der Waals surface area (Å²) in [5.74, 6) is 0. The molecular weight excluding hydrogens is 103 g/mol. The normalized spacial score (nSPS) is 9.67. The molecule has 0 aromatic heterocycles. The van der Waals surface area contributed by atoms with Crippen LogP contribution in [0.25, 0.3) is 0 Å². The molecule has 0 heterocycles. The van der Waals surface area contributed by atoms with Crippen LogP contribution in [0.4, 0.5) is 0 Å². The minimum atomic E-state index is 1.14. The molecule has 1 rings (SSSR count). The molecule has 9 heavy (non-hydrogen) atoms. The quantitative estimate of drug-likeness (QED) is 0.485. The van der Waals surface area contributed by atoms with Gasteiger partial charge in [-0.25, -0.2) is 0 Å². The van der Waals surface area contributed by atoms with Crippen LogP contribution in [0.1, 0.15) is 11.1 Å². The van der Waals surface area contributed by atoms with Gasteiger partial charge in [0.05, 0.1) is 0 Å². The number of rotatable bonds is 1. The van der Waals surface area contributed by atoms with Crippen molar-refractivity contribution in [2.24, 2.45) is 0 Å². The molecule has 42 valence electrons. The molecule has 0 aliphatic heterocycles. The number of aryl methyl sites for hydroxylation is 1. The molecule has 1 heteroatoms. The van der Waals surface area contributed by atoms with E-state index in [1.165, 1.54) is 11.1 Å². The van der Waals surface area contributed by atoms with Crippen LogP contribution in [0.15, 0.2) is 24.3 Å². The first-order chi connectivity index (χ1) is 4.33. The molecule has 1 aromatic carbocycles. The SMILES string of the molecule is [Li][CH2]c1ccc(C)cc1. The van der Waals surface area contributed by atoms with Crippen LogP contribution in [0, 0.1) is 6.92 Å². The Morgan fingerprint density at radius 2 is 1.78 bits per heavy atom. The van der Waals surface area contributed by atoms with Crippen LogP contribution in [-0.4, -0.2) is 17.7 Å². The Labute approximate surface area is 65.5 Å². The fraction of sp³-hybridized carbons (Fsp3) is 0.250. The Balaban J connectivity index is 2.88. The Morgan fingerprint density at radius 1 is 1.22 bits per heavy atom. The Morgan fingerprint density at radius 3 is 2.22 bits per heavy atom. The van der Waals surface area contributed by atoms with Crippen LogP contribution in [0.2, 0.25) is 0 Å². The van der Waals surface area contributed by atoms with Gasteiger partial charge in [-0.1, -0.05) is 0 Å². The van der Waals surface area contributed by atoms with E-state index in [0.717, 1.165) is 5.09 Å². The number of hydrogen-bond donors (Lipinski definition) is 0. The summed E-state index contributed by atoms with van der Waals surface area (Å²) < 4.78 is 0. The van der Waals surface area contributed by atoms with Gasteiger partial charge in [-0.05, 0) is 0 Å². The van der Waals surface area contributed by atoms with Crippen LogP contribution in [-0.2, 0) is 5.09 Å². The van der Waals surface area contributed by atoms with E-state index in [4.69, 9.17) is 0 Å². The third-order valence-corrected chi connectivity index (χ3v) is 1.53. The van der Waals surface area contributed by atoms with Crippen LogP contribution in [0.3, 0.4) is 0 Å². The molecule has 0 radical (unpaired) electrons. The standard InChI is InChI=1S/C8H9.Li/c1-7-3-5-8(2)6-4-7;/h3-6H,1H2,2H3;. The van der Waals surface area contributed by atoms with Crippen LogP contribution < -0.4 is 0 Å². The molecule has 0 saturated carbocycles. The average Bonchev–Trinajstić information content (AvgIpc) is 1.90. The van der Waals surface area contributed by atoms with Crippen molar-refractivity contribution >= 4 is 17.7 Å². The van der Waals surface area contributed by atoms with Crippen molar-refractivity contribution in [2.75, 3.05) is 0 Å². The third kappa shape index (κ3) is 1.89. The van der Waals surface area contributed by atoms with Crippen molar-refractivity contribution in [1.29, 1.82) is 0 Å². The van der Waals surface area contributed by atoms with E-state index in [-0.39, 0.29) is 0 Å². The van der Waals surface area contributed by atoms with Gasteiger partial charge in [0.1, 0.15) is 0 Å². The van der Waals surface area contributed by atoms with E-state index >= 15 is 0 Å². The van der Waals surface area contributed by atoms with Crippen molar-refractivity contribution in [2.45, 2.75) is 12.0 Å². The molecule has 0 aliphatic rings. The molecule has 0 aliphatic carbocycles. The fourth-order valence-electron chi connectivity index (χ4n) is 0.824. The second-order valence-electron chi connectivity index (χ2n) is 2.34. The second kappa shape index (κ2) is 3.10. The van der Waals surface area contributed by atoms with Gasteiger partial charge in [0.25, 0.3) is 0 Å². The Kier molecular flexibility index (Phi) is 2.39. The summed E-state index contributed by atoms with van der Waals surface area (Å²) in [6, 6.07) is 8.66. The first-order valence-corrected chi connectivity index (χ1v) is 3.38. The Hall–Kier alpha value is -0.183. The summed E-state index contributed by atoms with van der Waals surface area (Å²) in [6.45, 7) is 2.11. The zero-order valence-corrected chi connectivity index (χ0v) is 6.02. The van der Waals surface area contributed by atoms with E-state index < -0.39 is 0 Å². The Bertz CT molecular complexity index is 176. The predicted molar refractivity (Wildman–Crippen MR) is 40.6 cm³/mol. The first-order valence-electron chi connectivity index (χ1n) is 3.38. The van der Waals surface area contributed by atoms with E-state index in [9.17, 15) is 0 Å². The summed E-state index contributed by atoms with van der Waals surface area (Å²) >= 11 is 2.17. The third-order valence-electron chi connectivity index (χ3n) is 1.53. The van der Waals surface area contributed by atoms with Crippen molar-refractivity contribution in [3.63, 3.8) is 0 Å². The molecule has 0 amide bonds. The van der Waals surface area contributed by atoms with E-state index in [0.29, 0.717) is 0 Å². The fourth-order valence-corrected chi connectivity index (χ4v) is 0.824. The van der Waals surface area contributed by atoms with Crippen molar-refractivity contribution in [3.8, 4) is 0 Å². The van der Waals surface area contributed by atoms with Crippen LogP contribution in [0.5, 0.6) is 0 Å². The molecule has 0 unspecified atom stereocenters. The zero-order valence-electron chi connectivity index (χ0n) is 6.02. The molecule has 0 N–H and O–H groups in total. The zero-order chi connectivity index (χ0) is 6.69. The van der Waals surface area contributed by atoms with Gasteiger partial charge in [0.15, 0.2) is 0 Å². The van der Waals surface area contributed by atoms with Crippen molar-refractivity contribution in [1.82, 2.24) is 0 Å². The number of hydrogen-bond acceptors (Lipinski definition) is 0. The molecule has 0 fully saturated rings. The van der Waals surface area contributed by atoms with Gasteiger partial charge < -0.3 is 0 Å².